The van der Waals surface area contributed by atoms with Crippen molar-refractivity contribution in [3.05, 3.63) is 52.6 Å². The third-order valence-corrected chi connectivity index (χ3v) is 3.98. The van der Waals surface area contributed by atoms with Crippen molar-refractivity contribution in [2.24, 2.45) is 0 Å². The van der Waals surface area contributed by atoms with E-state index in [-0.39, 0.29) is 18.0 Å². The molecule has 0 unspecified atom stereocenters. The molecule has 3 rings (SSSR count). The molecule has 0 bridgehead atoms. The zero-order valence-electron chi connectivity index (χ0n) is 15.1. The first-order valence-electron chi connectivity index (χ1n) is 8.18. The summed E-state index contributed by atoms with van der Waals surface area (Å²) in [5.74, 6) is 0.469. The fraction of sp³-hybridized carbons (Fsp3) is 0.333. The van der Waals surface area contributed by atoms with Crippen LogP contribution < -0.4 is 5.32 Å². The highest BCUT2D eigenvalue weighted by Gasteiger charge is 2.20. The first-order valence-corrected chi connectivity index (χ1v) is 8.56. The van der Waals surface area contributed by atoms with E-state index in [1.807, 2.05) is 32.4 Å². The van der Waals surface area contributed by atoms with E-state index in [4.69, 9.17) is 16.1 Å². The number of hydrogen-bond donors (Lipinski definition) is 1. The molecule has 0 aliphatic rings. The van der Waals surface area contributed by atoms with Crippen LogP contribution in [-0.2, 0) is 12.1 Å². The van der Waals surface area contributed by atoms with Crippen molar-refractivity contribution in [2.75, 3.05) is 0 Å². The molecule has 0 aliphatic carbocycles. The lowest BCUT2D eigenvalue weighted by Gasteiger charge is -2.21. The number of carbonyl (C=O) groups excluding carboxylic acids is 1. The third-order valence-electron chi connectivity index (χ3n) is 3.73. The smallest absolute Gasteiger partial charge is 0.272 e. The zero-order valence-corrected chi connectivity index (χ0v) is 15.8. The second-order valence-corrected chi connectivity index (χ2v) is 7.39. The Morgan fingerprint density at radius 1 is 1.27 bits per heavy atom. The Labute approximate surface area is 156 Å². The average molecular weight is 374 g/mol. The highest BCUT2D eigenvalue weighted by Crippen LogP contribution is 2.19. The first kappa shape index (κ1) is 18.1. The van der Waals surface area contributed by atoms with Gasteiger partial charge in [-0.2, -0.15) is 10.1 Å². The van der Waals surface area contributed by atoms with Crippen molar-refractivity contribution in [2.45, 2.75) is 39.8 Å². The van der Waals surface area contributed by atoms with Gasteiger partial charge in [0.25, 0.3) is 5.91 Å². The third kappa shape index (κ3) is 3.94. The summed E-state index contributed by atoms with van der Waals surface area (Å²) >= 11 is 5.87. The van der Waals surface area contributed by atoms with E-state index in [0.29, 0.717) is 22.4 Å². The van der Waals surface area contributed by atoms with Crippen molar-refractivity contribution in [1.82, 2.24) is 25.2 Å². The van der Waals surface area contributed by atoms with Crippen LogP contribution in [0.25, 0.3) is 11.4 Å². The molecule has 0 aliphatic heterocycles. The van der Waals surface area contributed by atoms with Gasteiger partial charge in [0, 0.05) is 16.3 Å². The Morgan fingerprint density at radius 2 is 1.96 bits per heavy atom. The largest absolute Gasteiger partial charge is 0.342 e. The summed E-state index contributed by atoms with van der Waals surface area (Å²) in [6, 6.07) is 8.87. The molecule has 1 amide bonds. The molecular weight excluding hydrogens is 354 g/mol. The van der Waals surface area contributed by atoms with Gasteiger partial charge >= 0.3 is 0 Å². The van der Waals surface area contributed by atoms with Gasteiger partial charge in [0.05, 0.1) is 12.1 Å². The van der Waals surface area contributed by atoms with Crippen molar-refractivity contribution in [1.29, 1.82) is 0 Å². The Kier molecular flexibility index (Phi) is 4.82. The number of rotatable bonds is 4. The number of amides is 1. The number of carbonyl (C=O) groups is 1. The second kappa shape index (κ2) is 6.92. The Balaban J connectivity index is 1.66. The monoisotopic (exact) mass is 373 g/mol. The van der Waals surface area contributed by atoms with Crippen molar-refractivity contribution in [3.63, 3.8) is 0 Å². The topological polar surface area (TPSA) is 85.8 Å². The SMILES string of the molecule is Cc1cc(C(=O)NCc2nc(-c3ccc(Cl)cc3)no2)nn1C(C)(C)C. The van der Waals surface area contributed by atoms with Crippen LogP contribution in [0.2, 0.25) is 5.02 Å². The normalized spacial score (nSPS) is 11.6. The van der Waals surface area contributed by atoms with Crippen molar-refractivity contribution < 1.29 is 9.32 Å². The highest BCUT2D eigenvalue weighted by molar-refractivity contribution is 6.30. The maximum atomic E-state index is 12.3. The summed E-state index contributed by atoms with van der Waals surface area (Å²) in [6.07, 6.45) is 0. The predicted molar refractivity (Wildman–Crippen MR) is 97.9 cm³/mol. The molecule has 3 aromatic rings. The lowest BCUT2D eigenvalue weighted by atomic mass is 10.1. The van der Waals surface area contributed by atoms with E-state index in [1.54, 1.807) is 30.3 Å². The summed E-state index contributed by atoms with van der Waals surface area (Å²) in [5, 5.41) is 11.7. The van der Waals surface area contributed by atoms with Crippen LogP contribution in [-0.4, -0.2) is 25.8 Å². The van der Waals surface area contributed by atoms with Gasteiger partial charge in [0.1, 0.15) is 5.69 Å². The van der Waals surface area contributed by atoms with Gasteiger partial charge < -0.3 is 9.84 Å². The van der Waals surface area contributed by atoms with Crippen molar-refractivity contribution >= 4 is 17.5 Å². The molecule has 2 heterocycles. The van der Waals surface area contributed by atoms with E-state index in [1.165, 1.54) is 0 Å². The fourth-order valence-corrected chi connectivity index (χ4v) is 2.68. The minimum Gasteiger partial charge on any atom is -0.342 e. The zero-order chi connectivity index (χ0) is 18.9. The molecule has 0 fully saturated rings. The van der Waals surface area contributed by atoms with Gasteiger partial charge in [-0.1, -0.05) is 16.8 Å². The van der Waals surface area contributed by atoms with Gasteiger partial charge in [0.15, 0.2) is 0 Å². The van der Waals surface area contributed by atoms with Gasteiger partial charge in [-0.3, -0.25) is 9.48 Å². The second-order valence-electron chi connectivity index (χ2n) is 6.95. The van der Waals surface area contributed by atoms with Gasteiger partial charge in [-0.25, -0.2) is 0 Å². The number of benzene rings is 1. The minimum atomic E-state index is -0.289. The first-order chi connectivity index (χ1) is 12.2. The molecule has 136 valence electrons. The van der Waals surface area contributed by atoms with Gasteiger partial charge in [0.2, 0.25) is 11.7 Å². The Bertz CT molecular complexity index is 922. The number of nitrogens with one attached hydrogen (secondary N) is 1. The van der Waals surface area contributed by atoms with E-state index in [0.717, 1.165) is 11.3 Å². The number of aryl methyl sites for hydroxylation is 1. The van der Waals surface area contributed by atoms with E-state index in [9.17, 15) is 4.79 Å². The lowest BCUT2D eigenvalue weighted by molar-refractivity contribution is 0.0939. The molecule has 0 saturated heterocycles. The molecular formula is C18H20ClN5O2. The predicted octanol–water partition coefficient (Wildman–Crippen LogP) is 3.58. The molecule has 7 nitrogen and oxygen atoms in total. The van der Waals surface area contributed by atoms with Crippen LogP contribution in [0.3, 0.4) is 0 Å². The van der Waals surface area contributed by atoms with E-state index < -0.39 is 0 Å². The Morgan fingerprint density at radius 3 is 2.58 bits per heavy atom. The van der Waals surface area contributed by atoms with Crippen LogP contribution in [0.1, 0.15) is 42.8 Å². The summed E-state index contributed by atoms with van der Waals surface area (Å²) < 4.78 is 7.01. The maximum absolute atomic E-state index is 12.3. The molecule has 0 radical (unpaired) electrons. The van der Waals surface area contributed by atoms with Gasteiger partial charge in [-0.15, -0.1) is 0 Å². The highest BCUT2D eigenvalue weighted by atomic mass is 35.5. The molecule has 0 saturated carbocycles. The number of halogens is 1. The minimum absolute atomic E-state index is 0.126. The van der Waals surface area contributed by atoms with E-state index in [2.05, 4.69) is 20.6 Å². The number of nitrogens with zero attached hydrogens (tertiary/aromatic N) is 4. The standard InChI is InChI=1S/C18H20ClN5O2/c1-11-9-14(22-24(11)18(2,3)4)17(25)20-10-15-21-16(23-26-15)12-5-7-13(19)8-6-12/h5-9H,10H2,1-4H3,(H,20,25). The lowest BCUT2D eigenvalue weighted by Crippen LogP contribution is -2.27. The van der Waals surface area contributed by atoms with Gasteiger partial charge in [-0.05, 0) is 58.0 Å². The fourth-order valence-electron chi connectivity index (χ4n) is 2.55. The van der Waals surface area contributed by atoms with Crippen LogP contribution in [0, 0.1) is 6.92 Å². The molecule has 1 aromatic carbocycles. The summed E-state index contributed by atoms with van der Waals surface area (Å²) in [4.78, 5) is 16.6. The maximum Gasteiger partial charge on any atom is 0.272 e. The quantitative estimate of drug-likeness (QED) is 0.755. The number of hydrogen-bond acceptors (Lipinski definition) is 5. The number of aromatic nitrogens is 4. The summed E-state index contributed by atoms with van der Waals surface area (Å²) in [7, 11) is 0. The Hall–Kier alpha value is -2.67. The average Bonchev–Trinajstić information content (AvgIpc) is 3.19. The molecule has 0 spiro atoms. The summed E-state index contributed by atoms with van der Waals surface area (Å²) in [6.45, 7) is 8.15. The van der Waals surface area contributed by atoms with Crippen LogP contribution in [0.15, 0.2) is 34.9 Å². The van der Waals surface area contributed by atoms with E-state index >= 15 is 0 Å². The molecule has 8 heteroatoms. The van der Waals surface area contributed by atoms with Crippen molar-refractivity contribution in [3.8, 4) is 11.4 Å². The van der Waals surface area contributed by atoms with Crippen LogP contribution >= 0.6 is 11.6 Å². The molecule has 26 heavy (non-hydrogen) atoms. The molecule has 1 N–H and O–H groups in total. The summed E-state index contributed by atoms with van der Waals surface area (Å²) in [5.41, 5.74) is 1.87. The molecule has 0 atom stereocenters. The van der Waals surface area contributed by atoms with Crippen LogP contribution in [0.5, 0.6) is 0 Å². The van der Waals surface area contributed by atoms with Crippen LogP contribution in [0.4, 0.5) is 0 Å². The molecule has 2 aromatic heterocycles.